The van der Waals surface area contributed by atoms with Crippen molar-refractivity contribution in [2.45, 2.75) is 70.0 Å². The van der Waals surface area contributed by atoms with Crippen LogP contribution < -0.4 is 0 Å². The van der Waals surface area contributed by atoms with E-state index >= 15 is 0 Å². The van der Waals surface area contributed by atoms with Crippen LogP contribution in [-0.4, -0.2) is 52.0 Å². The van der Waals surface area contributed by atoms with Gasteiger partial charge in [0.25, 0.3) is 0 Å². The molecule has 1 rings (SSSR count). The van der Waals surface area contributed by atoms with Crippen molar-refractivity contribution in [3.8, 4) is 12.3 Å². The lowest BCUT2D eigenvalue weighted by atomic mass is 9.87. The Kier molecular flexibility index (Phi) is 10.3. The van der Waals surface area contributed by atoms with Crippen molar-refractivity contribution in [3.63, 3.8) is 0 Å². The number of ketones is 1. The predicted octanol–water partition coefficient (Wildman–Crippen LogP) is 2.32. The molecule has 0 aromatic carbocycles. The number of Topliss-reactive ketones (excluding diaryl/α,β-unsaturated/α-hetero) is 1. The van der Waals surface area contributed by atoms with Crippen LogP contribution in [0.1, 0.15) is 58.3 Å². The summed E-state index contributed by atoms with van der Waals surface area (Å²) in [4.78, 5) is 22.6. The van der Waals surface area contributed by atoms with Crippen LogP contribution in [0.2, 0.25) is 0 Å². The second-order valence-corrected chi connectivity index (χ2v) is 7.28. The second kappa shape index (κ2) is 11.9. The number of hydrogen-bond donors (Lipinski definition) is 3. The Morgan fingerprint density at radius 2 is 2.15 bits per heavy atom. The summed E-state index contributed by atoms with van der Waals surface area (Å²) in [5.41, 5.74) is -1.18. The summed E-state index contributed by atoms with van der Waals surface area (Å²) in [5.74, 6) is 0.963. The number of aliphatic hydroxyl groups is 2. The largest absolute Gasteiger partial charge is 0.480 e. The Hall–Kier alpha value is -1.68. The molecule has 3 N–H and O–H groups in total. The third kappa shape index (κ3) is 8.25. The number of ether oxygens (including phenoxy) is 1. The van der Waals surface area contributed by atoms with Crippen LogP contribution in [0.5, 0.6) is 0 Å². The number of carboxylic acid groups (broad SMARTS) is 1. The van der Waals surface area contributed by atoms with Gasteiger partial charge in [-0.1, -0.05) is 37.8 Å². The van der Waals surface area contributed by atoms with E-state index in [4.69, 9.17) is 16.3 Å². The molecule has 0 aliphatic heterocycles. The zero-order valence-electron chi connectivity index (χ0n) is 16.1. The number of carboxylic acids is 1. The first-order valence-corrected chi connectivity index (χ1v) is 9.70. The molecule has 4 atom stereocenters. The number of carbonyl (C=O) groups is 2. The third-order valence-corrected chi connectivity index (χ3v) is 5.04. The molecule has 1 unspecified atom stereocenters. The fourth-order valence-electron chi connectivity index (χ4n) is 3.44. The molecule has 0 aromatic rings. The lowest BCUT2D eigenvalue weighted by molar-refractivity contribution is -0.142. The average molecular weight is 380 g/mol. The van der Waals surface area contributed by atoms with Gasteiger partial charge in [-0.15, -0.1) is 6.42 Å². The zero-order valence-corrected chi connectivity index (χ0v) is 16.1. The number of unbranched alkanes of at least 4 members (excludes halogenated alkanes) is 2. The van der Waals surface area contributed by atoms with Crippen LogP contribution in [0.15, 0.2) is 12.2 Å². The maximum absolute atomic E-state index is 12.2. The fraction of sp³-hybridized carbons (Fsp3) is 0.714. The first-order valence-electron chi connectivity index (χ1n) is 9.70. The van der Waals surface area contributed by atoms with E-state index in [-0.39, 0.29) is 30.6 Å². The number of carbonyl (C=O) groups excluding carboxylic acids is 1. The number of aliphatic hydroxyl groups excluding tert-OH is 1. The Bertz CT molecular complexity index is 549. The standard InChI is InChI=1S/C21H32O6/c1-3-5-11-21(26,4-2)12-8-10-17-16(18(22)14-19(17)23)9-6-7-13-27-15-20(24)25/h2,8,10,16-17,19,23,26H,3,5-7,9,11-15H2,1H3,(H,24,25)/t16-,17-,19-,21?/m1/s1. The summed E-state index contributed by atoms with van der Waals surface area (Å²) >= 11 is 0. The monoisotopic (exact) mass is 380 g/mol. The van der Waals surface area contributed by atoms with E-state index in [1.165, 1.54) is 0 Å². The minimum Gasteiger partial charge on any atom is -0.480 e. The van der Waals surface area contributed by atoms with Crippen LogP contribution in [0.3, 0.4) is 0 Å². The number of rotatable bonds is 13. The summed E-state index contributed by atoms with van der Waals surface area (Å²) in [7, 11) is 0. The van der Waals surface area contributed by atoms with Crippen molar-refractivity contribution in [3.05, 3.63) is 12.2 Å². The molecule has 1 fully saturated rings. The molecular formula is C21H32O6. The number of aliphatic carboxylic acids is 1. The van der Waals surface area contributed by atoms with E-state index in [0.717, 1.165) is 19.3 Å². The van der Waals surface area contributed by atoms with E-state index in [1.54, 1.807) is 6.08 Å². The summed E-state index contributed by atoms with van der Waals surface area (Å²) in [5, 5.41) is 29.1. The molecule has 0 heterocycles. The summed E-state index contributed by atoms with van der Waals surface area (Å²) in [6.07, 6.45) is 13.1. The third-order valence-electron chi connectivity index (χ3n) is 5.04. The quantitative estimate of drug-likeness (QED) is 0.257. The molecule has 1 aliphatic rings. The number of terminal acetylenes is 1. The number of hydrogen-bond acceptors (Lipinski definition) is 5. The van der Waals surface area contributed by atoms with Gasteiger partial charge in [-0.3, -0.25) is 4.79 Å². The van der Waals surface area contributed by atoms with Gasteiger partial charge in [0, 0.05) is 31.3 Å². The van der Waals surface area contributed by atoms with Gasteiger partial charge in [-0.05, 0) is 25.7 Å². The Balaban J connectivity index is 2.51. The normalized spacial score (nSPS) is 24.8. The molecule has 6 nitrogen and oxygen atoms in total. The zero-order chi connectivity index (χ0) is 20.3. The maximum atomic E-state index is 12.2. The molecule has 0 amide bonds. The fourth-order valence-corrected chi connectivity index (χ4v) is 3.44. The maximum Gasteiger partial charge on any atom is 0.329 e. The van der Waals surface area contributed by atoms with Crippen molar-refractivity contribution in [1.82, 2.24) is 0 Å². The lowest BCUT2D eigenvalue weighted by Crippen LogP contribution is -2.25. The van der Waals surface area contributed by atoms with E-state index in [2.05, 4.69) is 5.92 Å². The molecule has 27 heavy (non-hydrogen) atoms. The van der Waals surface area contributed by atoms with Gasteiger partial charge in [0.1, 0.15) is 18.0 Å². The van der Waals surface area contributed by atoms with Gasteiger partial charge in [0.2, 0.25) is 0 Å². The Morgan fingerprint density at radius 3 is 2.78 bits per heavy atom. The molecule has 0 aromatic heterocycles. The van der Waals surface area contributed by atoms with Crippen LogP contribution in [-0.2, 0) is 14.3 Å². The van der Waals surface area contributed by atoms with Gasteiger partial charge in [0.05, 0.1) is 6.10 Å². The van der Waals surface area contributed by atoms with E-state index in [0.29, 0.717) is 32.3 Å². The highest BCUT2D eigenvalue weighted by Crippen LogP contribution is 2.34. The molecule has 152 valence electrons. The highest BCUT2D eigenvalue weighted by Gasteiger charge is 2.39. The van der Waals surface area contributed by atoms with Gasteiger partial charge in [-0.2, -0.15) is 0 Å². The summed E-state index contributed by atoms with van der Waals surface area (Å²) in [6, 6.07) is 0. The second-order valence-electron chi connectivity index (χ2n) is 7.28. The van der Waals surface area contributed by atoms with Crippen LogP contribution in [0.25, 0.3) is 0 Å². The minimum absolute atomic E-state index is 0.0433. The smallest absolute Gasteiger partial charge is 0.329 e. The molecule has 0 spiro atoms. The molecule has 0 saturated heterocycles. The Morgan fingerprint density at radius 1 is 1.41 bits per heavy atom. The summed E-state index contributed by atoms with van der Waals surface area (Å²) < 4.78 is 4.99. The first kappa shape index (κ1) is 23.4. The van der Waals surface area contributed by atoms with Gasteiger partial charge in [0.15, 0.2) is 0 Å². The predicted molar refractivity (Wildman–Crippen MR) is 102 cm³/mol. The van der Waals surface area contributed by atoms with Crippen LogP contribution in [0, 0.1) is 24.2 Å². The van der Waals surface area contributed by atoms with E-state index in [9.17, 15) is 19.8 Å². The highest BCUT2D eigenvalue weighted by molar-refractivity contribution is 5.84. The molecule has 1 aliphatic carbocycles. The average Bonchev–Trinajstić information content (AvgIpc) is 2.89. The topological polar surface area (TPSA) is 104 Å². The van der Waals surface area contributed by atoms with E-state index < -0.39 is 17.7 Å². The molecule has 0 bridgehead atoms. The van der Waals surface area contributed by atoms with Crippen molar-refractivity contribution in [2.75, 3.05) is 13.2 Å². The van der Waals surface area contributed by atoms with Gasteiger partial charge in [-0.25, -0.2) is 4.79 Å². The van der Waals surface area contributed by atoms with Gasteiger partial charge < -0.3 is 20.1 Å². The highest BCUT2D eigenvalue weighted by atomic mass is 16.5. The molecule has 0 radical (unpaired) electrons. The SMILES string of the molecule is C#CC(O)(CC=C[C@H]1[C@H](O)CC(=O)[C@@H]1CCCCOCC(=O)O)CCCC. The lowest BCUT2D eigenvalue weighted by Gasteiger charge is -2.21. The van der Waals surface area contributed by atoms with Crippen LogP contribution >= 0.6 is 0 Å². The van der Waals surface area contributed by atoms with Crippen molar-refractivity contribution in [1.29, 1.82) is 0 Å². The van der Waals surface area contributed by atoms with Crippen LogP contribution in [0.4, 0.5) is 0 Å². The van der Waals surface area contributed by atoms with Crippen molar-refractivity contribution in [2.24, 2.45) is 11.8 Å². The van der Waals surface area contributed by atoms with Gasteiger partial charge >= 0.3 is 5.97 Å². The van der Waals surface area contributed by atoms with E-state index in [1.807, 2.05) is 13.0 Å². The molecular weight excluding hydrogens is 348 g/mol. The summed E-state index contributed by atoms with van der Waals surface area (Å²) in [6.45, 7) is 2.05. The minimum atomic E-state index is -1.18. The first-order chi connectivity index (χ1) is 12.8. The van der Waals surface area contributed by atoms with Crippen molar-refractivity contribution < 1.29 is 29.6 Å². The Labute approximate surface area is 161 Å². The van der Waals surface area contributed by atoms with Crippen molar-refractivity contribution >= 4 is 11.8 Å². The molecule has 1 saturated carbocycles. The molecule has 6 heteroatoms.